The second kappa shape index (κ2) is 9.07. The van der Waals surface area contributed by atoms with Crippen LogP contribution in [0.25, 0.3) is 0 Å². The largest absolute Gasteiger partial charge is 0.444 e. The number of rotatable bonds is 3. The maximum Gasteiger partial charge on any atom is 0.410 e. The second-order valence-corrected chi connectivity index (χ2v) is 6.50. The predicted octanol–water partition coefficient (Wildman–Crippen LogP) is 3.21. The number of hydrogen-bond donors (Lipinski definition) is 1. The Morgan fingerprint density at radius 2 is 1.88 bits per heavy atom. The van der Waals surface area contributed by atoms with Crippen LogP contribution in [-0.2, 0) is 16.1 Å². The van der Waals surface area contributed by atoms with Gasteiger partial charge in [-0.25, -0.2) is 4.79 Å². The van der Waals surface area contributed by atoms with Gasteiger partial charge in [-0.1, -0.05) is 26.0 Å². The molecule has 1 aromatic carbocycles. The van der Waals surface area contributed by atoms with Crippen molar-refractivity contribution in [1.82, 2.24) is 10.2 Å². The smallest absolute Gasteiger partial charge is 0.410 e. The standard InChI is InChI=1S/C17H21N3O3.C2H6/c1-17(2,3)23-16(22)20-9-8-14(20)15(21)19-11-13-6-4-12(10-18)5-7-13;1-2/h4-7,14H,8-9,11H2,1-3H3,(H,19,21);1-2H3. The van der Waals surface area contributed by atoms with Gasteiger partial charge in [0, 0.05) is 13.1 Å². The van der Waals surface area contributed by atoms with E-state index in [1.807, 2.05) is 19.9 Å². The first-order valence-corrected chi connectivity index (χ1v) is 8.56. The lowest BCUT2D eigenvalue weighted by Crippen LogP contribution is -2.59. The highest BCUT2D eigenvalue weighted by atomic mass is 16.6. The molecule has 6 heteroatoms. The highest BCUT2D eigenvalue weighted by Gasteiger charge is 2.39. The van der Waals surface area contributed by atoms with Crippen LogP contribution in [0.2, 0.25) is 0 Å². The molecule has 1 N–H and O–H groups in total. The molecule has 2 amide bonds. The molecule has 25 heavy (non-hydrogen) atoms. The van der Waals surface area contributed by atoms with Crippen molar-refractivity contribution in [3.63, 3.8) is 0 Å². The third-order valence-electron chi connectivity index (χ3n) is 3.50. The van der Waals surface area contributed by atoms with Gasteiger partial charge in [-0.2, -0.15) is 5.26 Å². The number of nitriles is 1. The minimum Gasteiger partial charge on any atom is -0.444 e. The molecule has 0 spiro atoms. The molecule has 0 aromatic heterocycles. The number of benzene rings is 1. The van der Waals surface area contributed by atoms with Crippen LogP contribution in [0.5, 0.6) is 0 Å². The summed E-state index contributed by atoms with van der Waals surface area (Å²) in [6.07, 6.45) is 0.181. The third kappa shape index (κ3) is 6.11. The number of ether oxygens (including phenoxy) is 1. The van der Waals surface area contributed by atoms with Gasteiger partial charge in [-0.05, 0) is 44.9 Å². The lowest BCUT2D eigenvalue weighted by atomic mass is 10.0. The molecule has 1 heterocycles. The van der Waals surface area contributed by atoms with Crippen molar-refractivity contribution >= 4 is 12.0 Å². The summed E-state index contributed by atoms with van der Waals surface area (Å²) in [7, 11) is 0. The van der Waals surface area contributed by atoms with E-state index in [9.17, 15) is 9.59 Å². The van der Waals surface area contributed by atoms with Gasteiger partial charge in [0.15, 0.2) is 0 Å². The number of hydrogen-bond acceptors (Lipinski definition) is 4. The Morgan fingerprint density at radius 1 is 1.28 bits per heavy atom. The molecular weight excluding hydrogens is 318 g/mol. The minimum atomic E-state index is -0.573. The van der Waals surface area contributed by atoms with Gasteiger partial charge < -0.3 is 10.1 Å². The third-order valence-corrected chi connectivity index (χ3v) is 3.50. The van der Waals surface area contributed by atoms with Crippen LogP contribution in [0.3, 0.4) is 0 Å². The van der Waals surface area contributed by atoms with Gasteiger partial charge >= 0.3 is 6.09 Å². The molecule has 1 fully saturated rings. The van der Waals surface area contributed by atoms with Crippen LogP contribution in [0, 0.1) is 11.3 Å². The van der Waals surface area contributed by atoms with E-state index in [2.05, 4.69) is 5.32 Å². The average Bonchev–Trinajstić information content (AvgIpc) is 2.52. The molecule has 1 aliphatic heterocycles. The summed E-state index contributed by atoms with van der Waals surface area (Å²) in [6.45, 7) is 10.3. The summed E-state index contributed by atoms with van der Waals surface area (Å²) in [5, 5.41) is 11.6. The summed E-state index contributed by atoms with van der Waals surface area (Å²) < 4.78 is 5.29. The van der Waals surface area contributed by atoms with Crippen molar-refractivity contribution in [2.24, 2.45) is 0 Å². The molecule has 0 saturated carbocycles. The molecule has 0 bridgehead atoms. The van der Waals surface area contributed by atoms with E-state index in [4.69, 9.17) is 10.00 Å². The molecule has 136 valence electrons. The van der Waals surface area contributed by atoms with Crippen molar-refractivity contribution in [1.29, 1.82) is 5.26 Å². The Kier molecular flexibility index (Phi) is 7.43. The summed E-state index contributed by atoms with van der Waals surface area (Å²) in [5.74, 6) is -0.188. The fourth-order valence-corrected chi connectivity index (χ4v) is 2.20. The molecular formula is C19H27N3O3. The van der Waals surface area contributed by atoms with Crippen LogP contribution in [0.15, 0.2) is 24.3 Å². The van der Waals surface area contributed by atoms with E-state index in [0.717, 1.165) is 5.56 Å². The van der Waals surface area contributed by atoms with Crippen LogP contribution in [-0.4, -0.2) is 35.1 Å². The number of likely N-dealkylation sites (tertiary alicyclic amines) is 1. The molecule has 1 unspecified atom stereocenters. The molecule has 1 atom stereocenters. The Labute approximate surface area is 149 Å². The molecule has 2 rings (SSSR count). The quantitative estimate of drug-likeness (QED) is 0.912. The van der Waals surface area contributed by atoms with Crippen molar-refractivity contribution in [2.45, 2.75) is 59.2 Å². The summed E-state index contributed by atoms with van der Waals surface area (Å²) >= 11 is 0. The van der Waals surface area contributed by atoms with Gasteiger partial charge in [0.1, 0.15) is 11.6 Å². The van der Waals surface area contributed by atoms with E-state index in [1.165, 1.54) is 4.90 Å². The van der Waals surface area contributed by atoms with Crippen LogP contribution < -0.4 is 5.32 Å². The molecule has 0 aliphatic carbocycles. The monoisotopic (exact) mass is 345 g/mol. The summed E-state index contributed by atoms with van der Waals surface area (Å²) in [5.41, 5.74) is 0.909. The number of carbonyl (C=O) groups is 2. The zero-order valence-electron chi connectivity index (χ0n) is 15.6. The van der Waals surface area contributed by atoms with E-state index >= 15 is 0 Å². The summed E-state index contributed by atoms with van der Waals surface area (Å²) in [6, 6.07) is 8.58. The maximum absolute atomic E-state index is 12.2. The van der Waals surface area contributed by atoms with Crippen LogP contribution in [0.4, 0.5) is 4.79 Å². The lowest BCUT2D eigenvalue weighted by Gasteiger charge is -2.40. The Hall–Kier alpha value is -2.55. The SMILES string of the molecule is CC.CC(C)(C)OC(=O)N1CCC1C(=O)NCc1ccc(C#N)cc1. The Bertz CT molecular complexity index is 627. The maximum atomic E-state index is 12.2. The fourth-order valence-electron chi connectivity index (χ4n) is 2.20. The van der Waals surface area contributed by atoms with Crippen molar-refractivity contribution in [3.8, 4) is 6.07 Å². The molecule has 6 nitrogen and oxygen atoms in total. The Balaban J connectivity index is 0.00000151. The zero-order chi connectivity index (χ0) is 19.0. The van der Waals surface area contributed by atoms with Gasteiger partial charge in [-0.3, -0.25) is 9.69 Å². The average molecular weight is 345 g/mol. The first-order valence-electron chi connectivity index (χ1n) is 8.56. The number of amides is 2. The number of nitrogens with zero attached hydrogens (tertiary/aromatic N) is 2. The second-order valence-electron chi connectivity index (χ2n) is 6.50. The lowest BCUT2D eigenvalue weighted by molar-refractivity contribution is -0.130. The first kappa shape index (κ1) is 20.5. The molecule has 1 aliphatic rings. The van der Waals surface area contributed by atoms with Gasteiger partial charge in [0.2, 0.25) is 5.91 Å². The van der Waals surface area contributed by atoms with Gasteiger partial charge in [0.25, 0.3) is 0 Å². The normalized spacial score (nSPS) is 15.8. The van der Waals surface area contributed by atoms with Crippen LogP contribution in [0.1, 0.15) is 52.2 Å². The minimum absolute atomic E-state index is 0.188. The fraction of sp³-hybridized carbons (Fsp3) is 0.526. The highest BCUT2D eigenvalue weighted by molar-refractivity contribution is 5.87. The van der Waals surface area contributed by atoms with Gasteiger partial charge in [-0.15, -0.1) is 0 Å². The highest BCUT2D eigenvalue weighted by Crippen LogP contribution is 2.21. The van der Waals surface area contributed by atoms with Crippen molar-refractivity contribution in [3.05, 3.63) is 35.4 Å². The van der Waals surface area contributed by atoms with Crippen molar-refractivity contribution < 1.29 is 14.3 Å². The van der Waals surface area contributed by atoms with Gasteiger partial charge in [0.05, 0.1) is 11.6 Å². The van der Waals surface area contributed by atoms with E-state index in [-0.39, 0.29) is 5.91 Å². The zero-order valence-corrected chi connectivity index (χ0v) is 15.6. The Morgan fingerprint density at radius 3 is 2.32 bits per heavy atom. The topological polar surface area (TPSA) is 82.4 Å². The number of carbonyl (C=O) groups excluding carboxylic acids is 2. The van der Waals surface area contributed by atoms with E-state index < -0.39 is 17.7 Å². The molecule has 0 radical (unpaired) electrons. The van der Waals surface area contributed by atoms with Crippen LogP contribution >= 0.6 is 0 Å². The van der Waals surface area contributed by atoms with E-state index in [0.29, 0.717) is 25.1 Å². The first-order chi connectivity index (χ1) is 11.8. The van der Waals surface area contributed by atoms with E-state index in [1.54, 1.807) is 45.0 Å². The summed E-state index contributed by atoms with van der Waals surface area (Å²) in [4.78, 5) is 25.6. The number of nitrogens with one attached hydrogen (secondary N) is 1. The van der Waals surface area contributed by atoms with Crippen molar-refractivity contribution in [2.75, 3.05) is 6.54 Å². The molecule has 1 saturated heterocycles. The predicted molar refractivity (Wildman–Crippen MR) is 95.7 cm³/mol. The molecule has 1 aromatic rings.